The van der Waals surface area contributed by atoms with E-state index in [4.69, 9.17) is 11.6 Å². The number of hydrogen-bond acceptors (Lipinski definition) is 5. The summed E-state index contributed by atoms with van der Waals surface area (Å²) in [4.78, 5) is 20.2. The van der Waals surface area contributed by atoms with Crippen molar-refractivity contribution in [3.8, 4) is 0 Å². The van der Waals surface area contributed by atoms with Crippen LogP contribution in [0.25, 0.3) is 0 Å². The molecule has 1 N–H and O–H groups in total. The van der Waals surface area contributed by atoms with Crippen molar-refractivity contribution in [3.63, 3.8) is 0 Å². The number of sulfonamides is 1. The van der Waals surface area contributed by atoms with Crippen molar-refractivity contribution < 1.29 is 13.2 Å². The van der Waals surface area contributed by atoms with Gasteiger partial charge in [-0.15, -0.1) is 0 Å². The molecular formula is C27H29ClN4O3S. The summed E-state index contributed by atoms with van der Waals surface area (Å²) in [5, 5.41) is 4.12. The Morgan fingerprint density at radius 2 is 1.67 bits per heavy atom. The Hall–Kier alpha value is -2.78. The van der Waals surface area contributed by atoms with Crippen LogP contribution in [0.15, 0.2) is 83.9 Å². The van der Waals surface area contributed by atoms with Crippen LogP contribution in [-0.4, -0.2) is 59.9 Å². The Balaban J connectivity index is 1.35. The lowest BCUT2D eigenvalue weighted by molar-refractivity contribution is -0.133. The minimum atomic E-state index is -3.64. The standard InChI is InChI=1S/C27H29ClN4O3S/c28-22-9-11-24(12-10-22)36(34,35)31-18-14-27(15-19-31)30-25(20-21-6-2-1-3-7-21)26(33)32(27)17-13-23-8-4-5-16-29-23/h1-12,16,25,30H,13-15,17-20H2. The molecule has 0 aliphatic carbocycles. The number of piperidine rings is 1. The summed E-state index contributed by atoms with van der Waals surface area (Å²) >= 11 is 5.95. The third-order valence-electron chi connectivity index (χ3n) is 7.13. The predicted molar refractivity (Wildman–Crippen MR) is 139 cm³/mol. The van der Waals surface area contributed by atoms with Crippen LogP contribution in [0.2, 0.25) is 5.02 Å². The number of nitrogens with zero attached hydrogens (tertiary/aromatic N) is 3. The molecule has 0 saturated carbocycles. The molecule has 188 valence electrons. The number of benzene rings is 2. The Kier molecular flexibility index (Phi) is 7.12. The van der Waals surface area contributed by atoms with Crippen molar-refractivity contribution in [2.24, 2.45) is 0 Å². The summed E-state index contributed by atoms with van der Waals surface area (Å²) in [6.45, 7) is 1.17. The van der Waals surface area contributed by atoms with Gasteiger partial charge in [-0.2, -0.15) is 4.31 Å². The molecule has 3 heterocycles. The number of carbonyl (C=O) groups excluding carboxylic acids is 1. The van der Waals surface area contributed by atoms with Gasteiger partial charge in [-0.1, -0.05) is 48.0 Å². The van der Waals surface area contributed by atoms with E-state index in [0.717, 1.165) is 11.3 Å². The fourth-order valence-electron chi connectivity index (χ4n) is 5.21. The number of carbonyl (C=O) groups is 1. The molecule has 2 aliphatic heterocycles. The maximum atomic E-state index is 13.6. The van der Waals surface area contributed by atoms with E-state index in [1.165, 1.54) is 16.4 Å². The van der Waals surface area contributed by atoms with E-state index in [9.17, 15) is 13.2 Å². The van der Waals surface area contributed by atoms with Gasteiger partial charge in [0.1, 0.15) is 0 Å². The van der Waals surface area contributed by atoms with Crippen LogP contribution >= 0.6 is 11.6 Å². The van der Waals surface area contributed by atoms with Gasteiger partial charge in [0, 0.05) is 43.0 Å². The molecular weight excluding hydrogens is 496 g/mol. The molecule has 1 atom stereocenters. The zero-order valence-electron chi connectivity index (χ0n) is 19.9. The fraction of sp³-hybridized carbons (Fsp3) is 0.333. The minimum Gasteiger partial charge on any atom is -0.323 e. The third kappa shape index (κ3) is 5.04. The monoisotopic (exact) mass is 524 g/mol. The summed E-state index contributed by atoms with van der Waals surface area (Å²) in [7, 11) is -3.64. The van der Waals surface area contributed by atoms with E-state index >= 15 is 0 Å². The Bertz CT molecular complexity index is 1300. The molecule has 9 heteroatoms. The van der Waals surface area contributed by atoms with Crippen molar-refractivity contribution >= 4 is 27.5 Å². The molecule has 5 rings (SSSR count). The minimum absolute atomic E-state index is 0.0591. The molecule has 36 heavy (non-hydrogen) atoms. The van der Waals surface area contributed by atoms with Crippen molar-refractivity contribution in [1.82, 2.24) is 19.5 Å². The van der Waals surface area contributed by atoms with Gasteiger partial charge < -0.3 is 4.90 Å². The number of halogens is 1. The quantitative estimate of drug-likeness (QED) is 0.511. The highest BCUT2D eigenvalue weighted by Crippen LogP contribution is 2.35. The van der Waals surface area contributed by atoms with Gasteiger partial charge in [0.2, 0.25) is 15.9 Å². The van der Waals surface area contributed by atoms with Crippen molar-refractivity contribution in [2.45, 2.75) is 42.3 Å². The van der Waals surface area contributed by atoms with Gasteiger partial charge in [0.15, 0.2) is 0 Å². The molecule has 2 saturated heterocycles. The molecule has 2 aromatic carbocycles. The van der Waals surface area contributed by atoms with Crippen molar-refractivity contribution in [2.75, 3.05) is 19.6 Å². The Morgan fingerprint density at radius 3 is 2.33 bits per heavy atom. The smallest absolute Gasteiger partial charge is 0.243 e. The van der Waals surface area contributed by atoms with E-state index in [-0.39, 0.29) is 16.8 Å². The first-order chi connectivity index (χ1) is 17.4. The van der Waals surface area contributed by atoms with Crippen LogP contribution in [0.4, 0.5) is 0 Å². The number of pyridine rings is 1. The molecule has 3 aromatic rings. The van der Waals surface area contributed by atoms with Crippen LogP contribution in [0.5, 0.6) is 0 Å². The lowest BCUT2D eigenvalue weighted by Gasteiger charge is -2.44. The summed E-state index contributed by atoms with van der Waals surface area (Å²) < 4.78 is 28.0. The lowest BCUT2D eigenvalue weighted by Crippen LogP contribution is -2.59. The largest absolute Gasteiger partial charge is 0.323 e. The van der Waals surface area contributed by atoms with Gasteiger partial charge in [0.25, 0.3) is 0 Å². The first kappa shape index (κ1) is 24.9. The molecule has 1 amide bonds. The zero-order chi connectivity index (χ0) is 25.2. The predicted octanol–water partition coefficient (Wildman–Crippen LogP) is 3.50. The normalized spacial score (nSPS) is 20.2. The Morgan fingerprint density at radius 1 is 0.972 bits per heavy atom. The second-order valence-corrected chi connectivity index (χ2v) is 11.7. The first-order valence-corrected chi connectivity index (χ1v) is 14.0. The van der Waals surface area contributed by atoms with Gasteiger partial charge in [0.05, 0.1) is 16.6 Å². The highest BCUT2D eigenvalue weighted by atomic mass is 35.5. The van der Waals surface area contributed by atoms with Crippen LogP contribution in [0.3, 0.4) is 0 Å². The van der Waals surface area contributed by atoms with E-state index in [1.807, 2.05) is 53.4 Å². The highest BCUT2D eigenvalue weighted by molar-refractivity contribution is 7.89. The number of aromatic nitrogens is 1. The van der Waals surface area contributed by atoms with Crippen LogP contribution in [-0.2, 0) is 27.7 Å². The van der Waals surface area contributed by atoms with Gasteiger partial charge in [-0.3, -0.25) is 15.1 Å². The van der Waals surface area contributed by atoms with Crippen molar-refractivity contribution in [1.29, 1.82) is 0 Å². The molecule has 7 nitrogen and oxygen atoms in total. The average Bonchev–Trinajstić information content (AvgIpc) is 3.14. The number of rotatable bonds is 7. The Labute approximate surface area is 217 Å². The van der Waals surface area contributed by atoms with Crippen LogP contribution < -0.4 is 5.32 Å². The van der Waals surface area contributed by atoms with E-state index in [2.05, 4.69) is 10.3 Å². The molecule has 1 aromatic heterocycles. The number of hydrogen-bond donors (Lipinski definition) is 1. The second kappa shape index (κ2) is 10.3. The summed E-state index contributed by atoms with van der Waals surface area (Å²) in [5.74, 6) is 0.0591. The maximum absolute atomic E-state index is 13.6. The SMILES string of the molecule is O=C1C(Cc2ccccc2)NC2(CCN(S(=O)(=O)c3ccc(Cl)cc3)CC2)N1CCc1ccccn1. The van der Waals surface area contributed by atoms with E-state index < -0.39 is 15.7 Å². The van der Waals surface area contributed by atoms with Crippen molar-refractivity contribution in [3.05, 3.63) is 95.3 Å². The van der Waals surface area contributed by atoms with E-state index in [0.29, 0.717) is 50.3 Å². The van der Waals surface area contributed by atoms with Gasteiger partial charge >= 0.3 is 0 Å². The average molecular weight is 525 g/mol. The lowest BCUT2D eigenvalue weighted by atomic mass is 9.97. The maximum Gasteiger partial charge on any atom is 0.243 e. The molecule has 1 spiro atoms. The highest BCUT2D eigenvalue weighted by Gasteiger charge is 2.52. The number of nitrogens with one attached hydrogen (secondary N) is 1. The van der Waals surface area contributed by atoms with Gasteiger partial charge in [-0.05, 0) is 61.2 Å². The zero-order valence-corrected chi connectivity index (χ0v) is 21.5. The fourth-order valence-corrected chi connectivity index (χ4v) is 6.78. The second-order valence-electron chi connectivity index (χ2n) is 9.34. The summed E-state index contributed by atoms with van der Waals surface area (Å²) in [5.41, 5.74) is 1.43. The summed E-state index contributed by atoms with van der Waals surface area (Å²) in [6, 6.07) is 21.6. The third-order valence-corrected chi connectivity index (χ3v) is 9.29. The van der Waals surface area contributed by atoms with Crippen LogP contribution in [0, 0.1) is 0 Å². The topological polar surface area (TPSA) is 82.6 Å². The van der Waals surface area contributed by atoms with E-state index in [1.54, 1.807) is 18.3 Å². The van der Waals surface area contributed by atoms with Gasteiger partial charge in [-0.25, -0.2) is 8.42 Å². The summed E-state index contributed by atoms with van der Waals surface area (Å²) in [6.07, 6.45) is 4.01. The number of amides is 1. The first-order valence-electron chi connectivity index (χ1n) is 12.2. The molecule has 2 fully saturated rings. The molecule has 1 unspecified atom stereocenters. The van der Waals surface area contributed by atoms with Crippen LogP contribution in [0.1, 0.15) is 24.1 Å². The molecule has 0 radical (unpaired) electrons. The molecule has 2 aliphatic rings. The molecule has 0 bridgehead atoms.